The second-order valence-electron chi connectivity index (χ2n) is 8.85. The average Bonchev–Trinajstić information content (AvgIpc) is 2.87. The molecular formula is C29H30N2O2. The quantitative estimate of drug-likeness (QED) is 0.369. The van der Waals surface area contributed by atoms with E-state index in [1.165, 1.54) is 18.4 Å². The highest BCUT2D eigenvalue weighted by Crippen LogP contribution is 2.29. The van der Waals surface area contributed by atoms with Crippen molar-refractivity contribution in [2.75, 3.05) is 26.2 Å². The summed E-state index contributed by atoms with van der Waals surface area (Å²) in [6.07, 6.45) is 3.45. The van der Waals surface area contributed by atoms with E-state index < -0.39 is 0 Å². The first-order valence-corrected chi connectivity index (χ1v) is 11.9. The predicted molar refractivity (Wildman–Crippen MR) is 135 cm³/mol. The Balaban J connectivity index is 1.15. The number of hydrogen-bond acceptors (Lipinski definition) is 3. The van der Waals surface area contributed by atoms with Gasteiger partial charge in [-0.15, -0.1) is 0 Å². The number of hydrogen-bond donors (Lipinski definition) is 1. The van der Waals surface area contributed by atoms with Crippen LogP contribution in [0.2, 0.25) is 0 Å². The van der Waals surface area contributed by atoms with E-state index in [-0.39, 0.29) is 5.56 Å². The topological polar surface area (TPSA) is 45.3 Å². The van der Waals surface area contributed by atoms with Crippen molar-refractivity contribution >= 4 is 10.9 Å². The number of likely N-dealkylation sites (tertiary alicyclic amines) is 1. The van der Waals surface area contributed by atoms with Crippen LogP contribution in [0, 0.1) is 0 Å². The summed E-state index contributed by atoms with van der Waals surface area (Å²) < 4.78 is 6.03. The number of rotatable bonds is 7. The summed E-state index contributed by atoms with van der Waals surface area (Å²) in [6.45, 7) is 4.04. The van der Waals surface area contributed by atoms with Crippen molar-refractivity contribution in [2.24, 2.45) is 0 Å². The number of aromatic nitrogens is 1. The third kappa shape index (κ3) is 5.18. The van der Waals surface area contributed by atoms with Crippen molar-refractivity contribution in [2.45, 2.75) is 25.2 Å². The van der Waals surface area contributed by atoms with Crippen molar-refractivity contribution in [1.29, 1.82) is 0 Å². The molecule has 4 aromatic rings. The number of fused-ring (bicyclic) bond motifs is 1. The van der Waals surface area contributed by atoms with Gasteiger partial charge in [0.1, 0.15) is 5.75 Å². The molecule has 0 spiro atoms. The lowest BCUT2D eigenvalue weighted by Gasteiger charge is -2.32. The molecule has 0 atom stereocenters. The Kier molecular flexibility index (Phi) is 6.54. The molecule has 1 saturated heterocycles. The zero-order valence-corrected chi connectivity index (χ0v) is 18.9. The number of pyridine rings is 1. The molecule has 1 N–H and O–H groups in total. The van der Waals surface area contributed by atoms with Gasteiger partial charge in [-0.3, -0.25) is 4.79 Å². The molecule has 0 amide bonds. The van der Waals surface area contributed by atoms with E-state index in [0.29, 0.717) is 12.5 Å². The molecular weight excluding hydrogens is 408 g/mol. The van der Waals surface area contributed by atoms with E-state index in [9.17, 15) is 4.79 Å². The number of H-pyrrole nitrogens is 1. The number of nitrogens with zero attached hydrogens (tertiary/aromatic N) is 1. The van der Waals surface area contributed by atoms with E-state index in [1.807, 2.05) is 48.5 Å². The van der Waals surface area contributed by atoms with Crippen LogP contribution in [0.5, 0.6) is 5.75 Å². The van der Waals surface area contributed by atoms with Gasteiger partial charge in [0.05, 0.1) is 12.1 Å². The van der Waals surface area contributed by atoms with Gasteiger partial charge in [0.2, 0.25) is 5.56 Å². The first-order valence-electron chi connectivity index (χ1n) is 11.9. The smallest absolute Gasteiger partial charge is 0.249 e. The lowest BCUT2D eigenvalue weighted by molar-refractivity contribution is 0.193. The van der Waals surface area contributed by atoms with E-state index >= 15 is 0 Å². The van der Waals surface area contributed by atoms with Crippen LogP contribution in [-0.4, -0.2) is 36.1 Å². The van der Waals surface area contributed by atoms with Gasteiger partial charge in [0.15, 0.2) is 0 Å². The minimum atomic E-state index is -0.0996. The molecule has 5 rings (SSSR count). The molecule has 3 aromatic carbocycles. The summed E-state index contributed by atoms with van der Waals surface area (Å²) in [5.41, 5.74) is 4.17. The molecule has 0 radical (unpaired) electrons. The molecule has 0 bridgehead atoms. The second kappa shape index (κ2) is 10.1. The fraction of sp³-hybridized carbons (Fsp3) is 0.276. The van der Waals surface area contributed by atoms with Crippen LogP contribution in [0.15, 0.2) is 89.7 Å². The van der Waals surface area contributed by atoms with E-state index in [2.05, 4.69) is 40.2 Å². The minimum Gasteiger partial charge on any atom is -0.493 e. The van der Waals surface area contributed by atoms with Crippen LogP contribution in [0.25, 0.3) is 22.0 Å². The molecule has 1 fully saturated rings. The highest BCUT2D eigenvalue weighted by Gasteiger charge is 2.20. The Morgan fingerprint density at radius 3 is 2.36 bits per heavy atom. The summed E-state index contributed by atoms with van der Waals surface area (Å²) in [5, 5.41) is 1.02. The van der Waals surface area contributed by atoms with Crippen LogP contribution in [-0.2, 0) is 0 Å². The van der Waals surface area contributed by atoms with Crippen molar-refractivity contribution in [3.05, 3.63) is 101 Å². The summed E-state index contributed by atoms with van der Waals surface area (Å²) in [7, 11) is 0. The number of piperidine rings is 1. The van der Waals surface area contributed by atoms with Gasteiger partial charge in [-0.25, -0.2) is 0 Å². The van der Waals surface area contributed by atoms with E-state index in [0.717, 1.165) is 53.8 Å². The molecule has 1 aliphatic rings. The van der Waals surface area contributed by atoms with Crippen LogP contribution < -0.4 is 10.3 Å². The van der Waals surface area contributed by atoms with Gasteiger partial charge < -0.3 is 14.6 Å². The van der Waals surface area contributed by atoms with Crippen LogP contribution in [0.3, 0.4) is 0 Å². The third-order valence-electron chi connectivity index (χ3n) is 6.65. The van der Waals surface area contributed by atoms with Gasteiger partial charge in [-0.2, -0.15) is 0 Å². The lowest BCUT2D eigenvalue weighted by Crippen LogP contribution is -2.34. The first-order chi connectivity index (χ1) is 16.3. The number of ether oxygens (including phenoxy) is 1. The molecule has 168 valence electrons. The zero-order chi connectivity index (χ0) is 22.5. The third-order valence-corrected chi connectivity index (χ3v) is 6.65. The maximum atomic E-state index is 12.2. The number of aromatic amines is 1. The van der Waals surface area contributed by atoms with E-state index in [4.69, 9.17) is 4.74 Å². The van der Waals surface area contributed by atoms with E-state index in [1.54, 1.807) is 6.07 Å². The van der Waals surface area contributed by atoms with Crippen LogP contribution in [0.4, 0.5) is 0 Å². The molecule has 4 heteroatoms. The molecule has 2 heterocycles. The Hall–Kier alpha value is -3.37. The maximum absolute atomic E-state index is 12.2. The summed E-state index contributed by atoms with van der Waals surface area (Å²) in [6, 6.07) is 28.6. The van der Waals surface area contributed by atoms with Crippen LogP contribution in [0.1, 0.15) is 30.7 Å². The summed E-state index contributed by atoms with van der Waals surface area (Å²) in [4.78, 5) is 17.7. The number of nitrogens with one attached hydrogen (secondary N) is 1. The fourth-order valence-electron chi connectivity index (χ4n) is 4.88. The second-order valence-corrected chi connectivity index (χ2v) is 8.85. The first kappa shape index (κ1) is 21.5. The van der Waals surface area contributed by atoms with Crippen molar-refractivity contribution in [1.82, 2.24) is 9.88 Å². The fourth-order valence-corrected chi connectivity index (χ4v) is 4.88. The normalized spacial score (nSPS) is 15.0. The Morgan fingerprint density at radius 1 is 0.879 bits per heavy atom. The average molecular weight is 439 g/mol. The molecule has 33 heavy (non-hydrogen) atoms. The molecule has 1 aromatic heterocycles. The van der Waals surface area contributed by atoms with Crippen LogP contribution >= 0.6 is 0 Å². The van der Waals surface area contributed by atoms with Gasteiger partial charge in [-0.1, -0.05) is 60.7 Å². The Bertz CT molecular complexity index is 1240. The zero-order valence-electron chi connectivity index (χ0n) is 18.9. The highest BCUT2D eigenvalue weighted by molar-refractivity contribution is 5.94. The molecule has 1 aliphatic heterocycles. The Morgan fingerprint density at radius 2 is 1.61 bits per heavy atom. The molecule has 0 aliphatic carbocycles. The maximum Gasteiger partial charge on any atom is 0.249 e. The highest BCUT2D eigenvalue weighted by atomic mass is 16.5. The summed E-state index contributed by atoms with van der Waals surface area (Å²) in [5.74, 6) is 1.49. The molecule has 0 unspecified atom stereocenters. The van der Waals surface area contributed by atoms with Crippen molar-refractivity contribution < 1.29 is 4.74 Å². The lowest BCUT2D eigenvalue weighted by atomic mass is 9.89. The SMILES string of the molecule is O=c1cc(-c2ccccc2)c2ccc(OCCCN3CCC(c4ccccc4)CC3)cc2[nH]1. The standard InChI is InChI=1S/C29H30N2O2/c32-29-21-27(24-10-5-2-6-11-24)26-13-12-25(20-28(26)30-29)33-19-7-16-31-17-14-23(15-18-31)22-8-3-1-4-9-22/h1-6,8-13,20-21,23H,7,14-19H2,(H,30,32). The Labute approximate surface area is 194 Å². The van der Waals surface area contributed by atoms with Gasteiger partial charge in [0, 0.05) is 24.1 Å². The molecule has 4 nitrogen and oxygen atoms in total. The van der Waals surface area contributed by atoms with Gasteiger partial charge in [-0.05, 0) is 67.1 Å². The van der Waals surface area contributed by atoms with Gasteiger partial charge in [0.25, 0.3) is 0 Å². The number of benzene rings is 3. The van der Waals surface area contributed by atoms with Crippen molar-refractivity contribution in [3.8, 4) is 16.9 Å². The summed E-state index contributed by atoms with van der Waals surface area (Å²) >= 11 is 0. The monoisotopic (exact) mass is 438 g/mol. The predicted octanol–water partition coefficient (Wildman–Crippen LogP) is 5.84. The largest absolute Gasteiger partial charge is 0.493 e. The van der Waals surface area contributed by atoms with Gasteiger partial charge >= 0.3 is 0 Å². The molecule has 0 saturated carbocycles. The van der Waals surface area contributed by atoms with Crippen molar-refractivity contribution in [3.63, 3.8) is 0 Å². The minimum absolute atomic E-state index is 0.0996.